The van der Waals surface area contributed by atoms with Crippen molar-refractivity contribution >= 4 is 80.7 Å². The molecule has 0 saturated carbocycles. The van der Waals surface area contributed by atoms with Crippen molar-refractivity contribution in [2.45, 2.75) is 128 Å². The molecule has 0 fully saturated rings. The van der Waals surface area contributed by atoms with Gasteiger partial charge in [-0.1, -0.05) is 144 Å². The first-order chi connectivity index (χ1) is 36.1. The maximum absolute atomic E-state index is 13.7. The highest BCUT2D eigenvalue weighted by molar-refractivity contribution is 6.67. The topological polar surface area (TPSA) is 199 Å². The first kappa shape index (κ1) is 60.1. The Labute approximate surface area is 456 Å². The lowest BCUT2D eigenvalue weighted by molar-refractivity contribution is -0.124. The van der Waals surface area contributed by atoms with Crippen LogP contribution in [0.5, 0.6) is 0 Å². The van der Waals surface area contributed by atoms with E-state index in [1.165, 1.54) is 49.2 Å². The molecule has 14 nitrogen and oxygen atoms in total. The van der Waals surface area contributed by atoms with Crippen LogP contribution >= 0.6 is 0 Å². The van der Waals surface area contributed by atoms with E-state index in [4.69, 9.17) is 0 Å². The van der Waals surface area contributed by atoms with E-state index in [9.17, 15) is 28.8 Å². The van der Waals surface area contributed by atoms with Gasteiger partial charge in [0, 0.05) is 48.4 Å². The van der Waals surface area contributed by atoms with Gasteiger partial charge in [-0.25, -0.2) is 0 Å². The Morgan fingerprint density at radius 1 is 0.429 bits per heavy atom. The number of amides is 4. The lowest BCUT2D eigenvalue weighted by Crippen LogP contribution is -2.37. The molecule has 0 radical (unpaired) electrons. The van der Waals surface area contributed by atoms with Crippen molar-refractivity contribution in [2.24, 2.45) is 43.7 Å². The molecule has 4 amide bonds. The second-order valence-electron chi connectivity index (χ2n) is 23.4. The Morgan fingerprint density at radius 2 is 0.740 bits per heavy atom. The third kappa shape index (κ3) is 16.9. The molecule has 0 aliphatic rings. The molecular weight excluding hydrogens is 965 g/mol. The predicted octanol–water partition coefficient (Wildman–Crippen LogP) is 13.7. The zero-order chi connectivity index (χ0) is 56.9. The molecule has 0 aliphatic heterocycles. The van der Waals surface area contributed by atoms with Gasteiger partial charge in [0.05, 0.1) is 11.4 Å². The van der Waals surface area contributed by atoms with E-state index in [-0.39, 0.29) is 68.6 Å². The van der Waals surface area contributed by atoms with Crippen molar-refractivity contribution < 1.29 is 28.8 Å². The van der Waals surface area contributed by atoms with E-state index >= 15 is 0 Å². The van der Waals surface area contributed by atoms with Crippen molar-refractivity contribution in [2.75, 3.05) is 32.1 Å². The quantitative estimate of drug-likeness (QED) is 0.0211. The van der Waals surface area contributed by atoms with Gasteiger partial charge in [-0.2, -0.15) is 10.2 Å². The predicted molar refractivity (Wildman–Crippen MR) is 314 cm³/mol. The summed E-state index contributed by atoms with van der Waals surface area (Å²) in [5.41, 5.74) is 9.43. The number of anilines is 6. The van der Waals surface area contributed by atoms with E-state index in [0.29, 0.717) is 34.1 Å². The summed E-state index contributed by atoms with van der Waals surface area (Å²) < 4.78 is 0. The normalized spacial score (nSPS) is 14.6. The lowest BCUT2D eigenvalue weighted by Gasteiger charge is -2.42. The molecule has 0 saturated heterocycles. The van der Waals surface area contributed by atoms with E-state index in [1.807, 2.05) is 26.0 Å². The highest BCUT2D eigenvalue weighted by Crippen LogP contribution is 2.48. The van der Waals surface area contributed by atoms with Gasteiger partial charge in [-0.3, -0.25) is 39.6 Å². The van der Waals surface area contributed by atoms with E-state index in [2.05, 4.69) is 160 Å². The molecule has 5 atom stereocenters. The van der Waals surface area contributed by atoms with Crippen LogP contribution in [-0.2, 0) is 28.8 Å². The molecule has 5 aromatic rings. The van der Waals surface area contributed by atoms with E-state index < -0.39 is 23.4 Å². The first-order valence-corrected chi connectivity index (χ1v) is 26.5. The second kappa shape index (κ2) is 25.9. The summed E-state index contributed by atoms with van der Waals surface area (Å²) in [4.78, 5) is 78.9. The molecule has 6 N–H and O–H groups in total. The van der Waals surface area contributed by atoms with Crippen LogP contribution in [-0.4, -0.2) is 46.6 Å². The van der Waals surface area contributed by atoms with Gasteiger partial charge in [-0.15, -0.1) is 0 Å². The van der Waals surface area contributed by atoms with E-state index in [0.717, 1.165) is 19.3 Å². The van der Waals surface area contributed by atoms with Crippen LogP contribution < -0.4 is 32.1 Å². The Hall–Kier alpha value is -7.74. The number of ketones is 2. The number of nitrogens with zero attached hydrogens (tertiary/aromatic N) is 2. The maximum atomic E-state index is 13.7. The fraction of sp³-hybridized carbons (Fsp3) is 0.397. The molecule has 77 heavy (non-hydrogen) atoms. The van der Waals surface area contributed by atoms with Crippen LogP contribution in [0.3, 0.4) is 0 Å². The SMILES string of the molecule is CCC(C)(CC(c1ccccc1)C(C)(C)C)C(C)C(=O)Nc1ccc(N/N=C(/C(C)=O)C(=O)Nc2ccc(NC(=O)/C(=N\Nc3ccc(NC(=O)C(C)C(C)(C)CC(c4ccccc4)C(C)(C)C)cc3)C(C)=O)cc2)cc1. The van der Waals surface area contributed by atoms with Crippen molar-refractivity contribution in [1.82, 2.24) is 0 Å². The van der Waals surface area contributed by atoms with Gasteiger partial charge in [0.1, 0.15) is 0 Å². The number of hydrogen-bond acceptors (Lipinski definition) is 10. The molecule has 5 unspecified atom stereocenters. The monoisotopic (exact) mass is 1040 g/mol. The summed E-state index contributed by atoms with van der Waals surface area (Å²) >= 11 is 0. The molecule has 0 spiro atoms. The zero-order valence-electron chi connectivity index (χ0n) is 47.5. The lowest BCUT2D eigenvalue weighted by atomic mass is 9.63. The third-order valence-corrected chi connectivity index (χ3v) is 15.1. The molecule has 0 aromatic heterocycles. The van der Waals surface area contributed by atoms with Crippen LogP contribution in [0.2, 0.25) is 0 Å². The van der Waals surface area contributed by atoms with Crippen LogP contribution in [0.25, 0.3) is 0 Å². The third-order valence-electron chi connectivity index (χ3n) is 15.1. The minimum atomic E-state index is -0.770. The number of Topliss-reactive ketones (excluding diaryl/α,β-unsaturated/α-hetero) is 2. The van der Waals surface area contributed by atoms with E-state index in [1.54, 1.807) is 48.5 Å². The van der Waals surface area contributed by atoms with Crippen LogP contribution in [0.4, 0.5) is 34.1 Å². The Balaban J connectivity index is 1.13. The largest absolute Gasteiger partial charge is 0.326 e. The highest BCUT2D eigenvalue weighted by Gasteiger charge is 2.41. The molecular formula is C63H80N8O6. The van der Waals surface area contributed by atoms with Gasteiger partial charge >= 0.3 is 0 Å². The summed E-state index contributed by atoms with van der Waals surface area (Å²) in [6.07, 6.45) is 2.49. The van der Waals surface area contributed by atoms with Crippen LogP contribution in [0, 0.1) is 33.5 Å². The van der Waals surface area contributed by atoms with Crippen LogP contribution in [0.15, 0.2) is 144 Å². The number of benzene rings is 5. The minimum absolute atomic E-state index is 0.00409. The molecule has 5 aromatic carbocycles. The summed E-state index contributed by atoms with van der Waals surface area (Å²) in [5, 5.41) is 19.6. The summed E-state index contributed by atoms with van der Waals surface area (Å²) in [6.45, 7) is 28.4. The molecule has 0 bridgehead atoms. The standard InChI is InChI=1S/C63H80N8O6/c1-15-63(14,39-53(61(9,10)11)45-24-20-17-21-25-45)41(3)57(75)65-47-32-36-51(37-33-47)69-71-55(43(5)73)59(77)67-49-28-26-48(27-29-49)66-58(76)54(42(4)72)70-68-50-34-30-46(31-35-50)64-56(74)40(2)62(12,13)38-52(60(6,7)8)44-22-18-16-19-23-44/h16-37,40-41,52-53,68-69H,15,38-39H2,1-14H3,(H,64,74)(H,65,75)(H,66,76)(H,67,77)/b70-54-,71-55-. The highest BCUT2D eigenvalue weighted by atomic mass is 16.2. The summed E-state index contributed by atoms with van der Waals surface area (Å²) in [7, 11) is 0. The van der Waals surface area contributed by atoms with Gasteiger partial charge in [-0.05, 0) is 137 Å². The van der Waals surface area contributed by atoms with Crippen molar-refractivity contribution in [1.29, 1.82) is 0 Å². The second-order valence-corrected chi connectivity index (χ2v) is 23.4. The van der Waals surface area contributed by atoms with Gasteiger partial charge in [0.2, 0.25) is 11.8 Å². The van der Waals surface area contributed by atoms with Crippen molar-refractivity contribution in [3.8, 4) is 0 Å². The van der Waals surface area contributed by atoms with Gasteiger partial charge in [0.25, 0.3) is 11.8 Å². The zero-order valence-corrected chi connectivity index (χ0v) is 47.5. The maximum Gasteiger partial charge on any atom is 0.279 e. The molecule has 0 heterocycles. The average Bonchev–Trinajstić information content (AvgIpc) is 3.38. The fourth-order valence-electron chi connectivity index (χ4n) is 9.28. The fourth-order valence-corrected chi connectivity index (χ4v) is 9.28. The van der Waals surface area contributed by atoms with Crippen molar-refractivity contribution in [3.05, 3.63) is 145 Å². The van der Waals surface area contributed by atoms with Crippen LogP contribution in [0.1, 0.15) is 139 Å². The first-order valence-electron chi connectivity index (χ1n) is 26.5. The van der Waals surface area contributed by atoms with Gasteiger partial charge in [0.15, 0.2) is 23.0 Å². The number of carbonyl (C=O) groups excluding carboxylic acids is 6. The number of carbonyl (C=O) groups is 6. The number of hydrazone groups is 2. The smallest absolute Gasteiger partial charge is 0.279 e. The summed E-state index contributed by atoms with van der Waals surface area (Å²) in [5.74, 6) is -2.98. The molecule has 14 heteroatoms. The Bertz CT molecular complexity index is 2900. The molecule has 5 rings (SSSR count). The number of hydrogen-bond donors (Lipinski definition) is 6. The average molecular weight is 1050 g/mol. The van der Waals surface area contributed by atoms with Gasteiger partial charge < -0.3 is 21.3 Å². The summed E-state index contributed by atoms with van der Waals surface area (Å²) in [6, 6.07) is 40.6. The Kier molecular flexibility index (Phi) is 20.2. The number of nitrogens with one attached hydrogen (secondary N) is 6. The minimum Gasteiger partial charge on any atom is -0.326 e. The molecule has 408 valence electrons. The Morgan fingerprint density at radius 3 is 1.06 bits per heavy atom. The van der Waals surface area contributed by atoms with Crippen molar-refractivity contribution in [3.63, 3.8) is 0 Å². The molecule has 0 aliphatic carbocycles. The number of rotatable bonds is 23.